The van der Waals surface area contributed by atoms with Crippen LogP contribution in [-0.4, -0.2) is 288 Å². The van der Waals surface area contributed by atoms with Crippen LogP contribution in [-0.2, 0) is 62.3 Å². The molecule has 0 radical (unpaired) electrons. The highest BCUT2D eigenvalue weighted by atomic mass is 35.5. The van der Waals surface area contributed by atoms with Gasteiger partial charge in [0.1, 0.15) is 47.8 Å². The summed E-state index contributed by atoms with van der Waals surface area (Å²) >= 11 is 6.35. The Bertz CT molecular complexity index is 3150. The number of likely N-dealkylation sites (N-methyl/N-ethyl adjacent to an activating group) is 6. The Hall–Kier alpha value is -6.67. The third-order valence-corrected chi connectivity index (χ3v) is 24.1. The quantitative estimate of drug-likeness (QED) is 0.131. The zero-order chi connectivity index (χ0) is 79.4. The molecule has 11 atom stereocenters. The lowest BCUT2D eigenvalue weighted by atomic mass is 9.78. The number of morpholine rings is 1. The van der Waals surface area contributed by atoms with Gasteiger partial charge in [0.2, 0.25) is 70.9 Å². The Morgan fingerprint density at radius 3 is 1.81 bits per heavy atom. The number of fused-ring (bicyclic) bond motifs is 1. The largest absolute Gasteiger partial charge is 0.393 e. The monoisotopic (exact) mass is 1550 g/mol. The van der Waals surface area contributed by atoms with Crippen LogP contribution in [0.25, 0.3) is 0 Å². The highest BCUT2D eigenvalue weighted by Crippen LogP contribution is 2.45. The van der Waals surface area contributed by atoms with E-state index in [0.717, 1.165) is 29.4 Å². The first-order valence-electron chi connectivity index (χ1n) is 38.3. The average Bonchev–Trinajstić information content (AvgIpc) is 1.69. The van der Waals surface area contributed by atoms with Gasteiger partial charge in [-0.2, -0.15) is 26.3 Å². The van der Waals surface area contributed by atoms with Crippen molar-refractivity contribution < 1.29 is 97.4 Å². The minimum Gasteiger partial charge on any atom is -0.378 e. The lowest BCUT2D eigenvalue weighted by molar-refractivity contribution is -0.184. The summed E-state index contributed by atoms with van der Waals surface area (Å²) in [4.78, 5) is 190. The van der Waals surface area contributed by atoms with Gasteiger partial charge >= 0.3 is 12.4 Å². The number of rotatable bonds is 13. The molecule has 606 valence electrons. The van der Waals surface area contributed by atoms with Gasteiger partial charge in [-0.15, -0.1) is 11.6 Å². The molecule has 3 saturated heterocycles. The summed E-state index contributed by atoms with van der Waals surface area (Å²) in [5.74, 6) is -19.9. The molecule has 4 aliphatic carbocycles. The summed E-state index contributed by atoms with van der Waals surface area (Å²) in [5, 5.41) is 6.74. The van der Waals surface area contributed by atoms with Crippen molar-refractivity contribution in [3.8, 4) is 0 Å². The molecule has 3 aliphatic heterocycles. The SMILES string of the molecule is CCC[C@H]1C(=O)N[C@@H]([C@@H](C)CC)C(=O)N(C)CC(=O)N(C)CC(=O)N(CCC)[C@@H](CC2CCC(C(F)(F)F)CC2)C(=O)N(C)CC(=O)N[C@@H](CCC2CCC(C(F)(F)F)C(Cl)C2)C(=O)N2CC(F)(F)C[C@H]2C(=O)NC2(CCCC2)C(=O)N(C)[C@@H](C2CCCC2)C(=O)N(C)[C@H](C(=O)N2CCOCC2)CC(=O)N1C. The fourth-order valence-electron chi connectivity index (χ4n) is 16.9. The van der Waals surface area contributed by atoms with Crippen molar-refractivity contribution in [2.24, 2.45) is 35.5 Å². The van der Waals surface area contributed by atoms with E-state index in [9.17, 15) is 59.9 Å². The van der Waals surface area contributed by atoms with E-state index in [2.05, 4.69) is 16.0 Å². The number of hydrogen-bond donors (Lipinski definition) is 3. The third-order valence-electron chi connectivity index (χ3n) is 23.6. The zero-order valence-corrected chi connectivity index (χ0v) is 64.4. The van der Waals surface area contributed by atoms with Crippen molar-refractivity contribution >= 4 is 82.5 Å². The first kappa shape index (κ1) is 87.6. The number of ether oxygens (including phenoxy) is 1. The van der Waals surface area contributed by atoms with E-state index >= 15 is 32.8 Å². The van der Waals surface area contributed by atoms with Gasteiger partial charge in [0.15, 0.2) is 0 Å². The molecule has 3 unspecified atom stereocenters. The van der Waals surface area contributed by atoms with E-state index in [1.807, 2.05) is 0 Å². The standard InChI is InChI=1S/C73H113ClF8N12O13/c1-11-18-52-62(99)84-60(44(4)13-3)67(104)88(7)41-58(97)86(5)42-59(98)93(31-12-2)54(37-46-21-25-48(26-22-46)72(77,78)79)65(102)87(6)40-56(95)83-51(28-24-45-23-27-49(50(74)36-45)73(80,81)82)64(101)94-43-71(75,76)39-55(94)63(100)85-70(29-16-17-30-70)69(106)91(10)61(47-19-14-15-20-47)68(105)90(9)53(38-57(96)89(52)8)66(103)92-32-34-107-35-33-92/h44-55,60-61H,11-43H2,1-10H3,(H,83,95)(H,84,99)(H,85,100)/t44-,45?,46?,48?,49?,50?,51-,52-,53-,54-,55-,60-,61-/m0/s1. The van der Waals surface area contributed by atoms with Crippen LogP contribution in [0.3, 0.4) is 0 Å². The van der Waals surface area contributed by atoms with Crippen LogP contribution in [0.1, 0.15) is 182 Å². The lowest BCUT2D eigenvalue weighted by Crippen LogP contribution is -2.65. The summed E-state index contributed by atoms with van der Waals surface area (Å²) in [5.41, 5.74) is -1.88. The molecule has 4 saturated carbocycles. The van der Waals surface area contributed by atoms with Crippen LogP contribution < -0.4 is 16.0 Å². The van der Waals surface area contributed by atoms with Gasteiger partial charge in [0.25, 0.3) is 5.92 Å². The topological polar surface area (TPSA) is 279 Å². The predicted octanol–water partition coefficient (Wildman–Crippen LogP) is 6.51. The molecule has 107 heavy (non-hydrogen) atoms. The molecule has 0 bridgehead atoms. The van der Waals surface area contributed by atoms with Crippen molar-refractivity contribution in [3.05, 3.63) is 0 Å². The van der Waals surface area contributed by atoms with Gasteiger partial charge in [0, 0.05) is 73.7 Å². The smallest absolute Gasteiger partial charge is 0.378 e. The van der Waals surface area contributed by atoms with Gasteiger partial charge in [-0.25, -0.2) is 8.78 Å². The molecule has 7 rings (SSSR count). The first-order valence-corrected chi connectivity index (χ1v) is 38.7. The van der Waals surface area contributed by atoms with Crippen LogP contribution >= 0.6 is 11.6 Å². The Morgan fingerprint density at radius 2 is 1.23 bits per heavy atom. The second-order valence-corrected chi connectivity index (χ2v) is 31.9. The number of nitrogens with one attached hydrogen (secondary N) is 3. The molecule has 1 spiro atoms. The molecule has 7 fully saturated rings. The van der Waals surface area contributed by atoms with Gasteiger partial charge in [-0.3, -0.25) is 57.5 Å². The molecular weight excluding hydrogens is 1440 g/mol. The highest BCUT2D eigenvalue weighted by Gasteiger charge is 2.56. The molecule has 7 aliphatic rings. The van der Waals surface area contributed by atoms with E-state index < -0.39 is 223 Å². The summed E-state index contributed by atoms with van der Waals surface area (Å²) in [6.45, 7) is 3.55. The normalized spacial score (nSPS) is 30.6. The van der Waals surface area contributed by atoms with E-state index in [0.29, 0.717) is 56.3 Å². The van der Waals surface area contributed by atoms with Gasteiger partial charge in [0.05, 0.1) is 57.6 Å². The number of nitrogens with zero attached hydrogens (tertiary/aromatic N) is 9. The van der Waals surface area contributed by atoms with Crippen LogP contribution in [0.2, 0.25) is 0 Å². The molecular formula is C73H113ClF8N12O13. The summed E-state index contributed by atoms with van der Waals surface area (Å²) in [7, 11) is 7.81. The van der Waals surface area contributed by atoms with Crippen molar-refractivity contribution in [2.75, 3.05) is 101 Å². The minimum atomic E-state index is -4.63. The van der Waals surface area contributed by atoms with Gasteiger partial charge in [-0.1, -0.05) is 66.2 Å². The minimum absolute atomic E-state index is 0.00963. The number of amides is 12. The Kier molecular flexibility index (Phi) is 31.0. The van der Waals surface area contributed by atoms with Crippen molar-refractivity contribution in [2.45, 2.75) is 253 Å². The molecule has 3 heterocycles. The summed E-state index contributed by atoms with van der Waals surface area (Å²) in [6, 6.07) is -10.8. The molecule has 0 aromatic carbocycles. The van der Waals surface area contributed by atoms with Crippen molar-refractivity contribution in [1.82, 2.24) is 60.0 Å². The number of halogens is 9. The van der Waals surface area contributed by atoms with Crippen molar-refractivity contribution in [1.29, 1.82) is 0 Å². The number of hydrogen-bond acceptors (Lipinski definition) is 13. The molecule has 12 amide bonds. The summed E-state index contributed by atoms with van der Waals surface area (Å²) < 4.78 is 122. The number of alkyl halides is 9. The van der Waals surface area contributed by atoms with Crippen LogP contribution in [0, 0.1) is 35.5 Å². The predicted molar refractivity (Wildman–Crippen MR) is 377 cm³/mol. The van der Waals surface area contributed by atoms with Gasteiger partial charge < -0.3 is 64.8 Å². The number of carbonyl (C=O) groups is 12. The molecule has 0 aromatic heterocycles. The molecule has 3 N–H and O–H groups in total. The van der Waals surface area contributed by atoms with Crippen LogP contribution in [0.15, 0.2) is 0 Å². The lowest BCUT2D eigenvalue weighted by Gasteiger charge is -2.42. The maximum atomic E-state index is 16.2. The Balaban J connectivity index is 1.31. The Morgan fingerprint density at radius 1 is 0.626 bits per heavy atom. The van der Waals surface area contributed by atoms with E-state index in [1.165, 1.54) is 52.1 Å². The summed E-state index contributed by atoms with van der Waals surface area (Å²) in [6.07, 6.45) is -9.39. The first-order chi connectivity index (χ1) is 50.2. The van der Waals surface area contributed by atoms with E-state index in [-0.39, 0.29) is 116 Å². The molecule has 25 nitrogen and oxygen atoms in total. The third kappa shape index (κ3) is 22.1. The second kappa shape index (κ2) is 37.8. The van der Waals surface area contributed by atoms with Crippen LogP contribution in [0.5, 0.6) is 0 Å². The van der Waals surface area contributed by atoms with Crippen LogP contribution in [0.4, 0.5) is 35.1 Å². The zero-order valence-electron chi connectivity index (χ0n) is 63.7. The van der Waals surface area contributed by atoms with Crippen molar-refractivity contribution in [3.63, 3.8) is 0 Å². The van der Waals surface area contributed by atoms with Gasteiger partial charge in [-0.05, 0) is 126 Å². The average molecular weight is 1550 g/mol. The second-order valence-electron chi connectivity index (χ2n) is 31.3. The maximum absolute atomic E-state index is 16.2. The Labute approximate surface area is 627 Å². The number of carbonyl (C=O) groups excluding carboxylic acids is 12. The fraction of sp³-hybridized carbons (Fsp3) is 0.836. The van der Waals surface area contributed by atoms with E-state index in [4.69, 9.17) is 16.3 Å². The van der Waals surface area contributed by atoms with E-state index in [1.54, 1.807) is 27.7 Å². The fourth-order valence-corrected chi connectivity index (χ4v) is 17.4. The molecule has 34 heteroatoms. The highest BCUT2D eigenvalue weighted by molar-refractivity contribution is 6.21. The maximum Gasteiger partial charge on any atom is 0.393 e. The molecule has 0 aromatic rings.